The van der Waals surface area contributed by atoms with Gasteiger partial charge in [-0.05, 0) is 128 Å². The molecule has 0 heterocycles. The molecule has 61 heavy (non-hydrogen) atoms. The maximum Gasteiger partial charge on any atom is 0.335 e. The van der Waals surface area contributed by atoms with Crippen LogP contribution in [0.2, 0.25) is 0 Å². The number of rotatable bonds is 20. The Morgan fingerprint density at radius 1 is 0.525 bits per heavy atom. The van der Waals surface area contributed by atoms with E-state index in [4.69, 9.17) is 9.47 Å². The summed E-state index contributed by atoms with van der Waals surface area (Å²) in [5, 5.41) is 19.3. The lowest BCUT2D eigenvalue weighted by molar-refractivity contribution is -0.138. The molecular formula is C52H72N2O7. The first kappa shape index (κ1) is 50.5. The van der Waals surface area contributed by atoms with E-state index in [2.05, 4.69) is 77.3 Å². The van der Waals surface area contributed by atoms with Crippen molar-refractivity contribution in [3.63, 3.8) is 0 Å². The van der Waals surface area contributed by atoms with Crippen LogP contribution in [0, 0.1) is 11.8 Å². The Morgan fingerprint density at radius 3 is 1.25 bits per heavy atom. The van der Waals surface area contributed by atoms with Gasteiger partial charge in [-0.25, -0.2) is 4.79 Å². The van der Waals surface area contributed by atoms with Crippen LogP contribution in [-0.4, -0.2) is 75.2 Å². The topological polar surface area (TPSA) is 117 Å². The number of aromatic carboxylic acids is 1. The van der Waals surface area contributed by atoms with Crippen LogP contribution < -0.4 is 9.47 Å². The summed E-state index contributed by atoms with van der Waals surface area (Å²) >= 11 is 0. The molecule has 4 rings (SSSR count). The van der Waals surface area contributed by atoms with Gasteiger partial charge in [0.25, 0.3) is 0 Å². The van der Waals surface area contributed by atoms with Gasteiger partial charge in [-0.2, -0.15) is 0 Å². The number of carbonyl (C=O) groups excluding carboxylic acids is 2. The SMILES string of the molecule is CC(C)C(=O)Oc1ccc(C(=O)O)cc1C(CCN(C(C)C)C(C)C)c1ccccc1.CC(C)C(=O)Oc1ccc(CO)cc1C(CCN(C(C)C)C(C)C)c1ccccc1. The molecule has 0 saturated heterocycles. The van der Waals surface area contributed by atoms with Gasteiger partial charge in [0.05, 0.1) is 24.0 Å². The molecular weight excluding hydrogens is 765 g/mol. The Bertz CT molecular complexity index is 1940. The molecule has 0 spiro atoms. The zero-order valence-corrected chi connectivity index (χ0v) is 38.7. The zero-order chi connectivity index (χ0) is 45.4. The highest BCUT2D eigenvalue weighted by Gasteiger charge is 2.26. The second-order valence-corrected chi connectivity index (χ2v) is 17.6. The smallest absolute Gasteiger partial charge is 0.335 e. The van der Waals surface area contributed by atoms with Crippen molar-refractivity contribution in [3.8, 4) is 11.5 Å². The second kappa shape index (κ2) is 24.6. The quantitative estimate of drug-likeness (QED) is 0.0663. The molecule has 0 amide bonds. The third-order valence-electron chi connectivity index (χ3n) is 11.0. The fourth-order valence-electron chi connectivity index (χ4n) is 7.72. The molecule has 0 radical (unpaired) electrons. The first-order valence-electron chi connectivity index (χ1n) is 22.0. The minimum Gasteiger partial charge on any atom is -0.478 e. The lowest BCUT2D eigenvalue weighted by atomic mass is 9.86. The van der Waals surface area contributed by atoms with Gasteiger partial charge in [0.2, 0.25) is 0 Å². The summed E-state index contributed by atoms with van der Waals surface area (Å²) in [6, 6.07) is 32.4. The molecule has 2 atom stereocenters. The third kappa shape index (κ3) is 15.2. The molecule has 0 aliphatic carbocycles. The van der Waals surface area contributed by atoms with Gasteiger partial charge in [-0.15, -0.1) is 0 Å². The number of benzene rings is 4. The van der Waals surface area contributed by atoms with E-state index in [0.29, 0.717) is 35.7 Å². The van der Waals surface area contributed by atoms with E-state index in [0.717, 1.165) is 48.2 Å². The second-order valence-electron chi connectivity index (χ2n) is 17.6. The number of aliphatic hydroxyl groups is 1. The van der Waals surface area contributed by atoms with E-state index >= 15 is 0 Å². The molecule has 0 aliphatic heterocycles. The average Bonchev–Trinajstić information content (AvgIpc) is 3.21. The van der Waals surface area contributed by atoms with E-state index in [1.54, 1.807) is 26.0 Å². The molecule has 332 valence electrons. The van der Waals surface area contributed by atoms with Gasteiger partial charge in [0, 0.05) is 47.1 Å². The van der Waals surface area contributed by atoms with Crippen LogP contribution in [0.15, 0.2) is 97.1 Å². The fraction of sp³-hybridized carbons (Fsp3) is 0.481. The lowest BCUT2D eigenvalue weighted by Crippen LogP contribution is -2.38. The van der Waals surface area contributed by atoms with Crippen molar-refractivity contribution in [2.45, 2.75) is 139 Å². The summed E-state index contributed by atoms with van der Waals surface area (Å²) in [5.41, 5.74) is 4.94. The van der Waals surface area contributed by atoms with Gasteiger partial charge < -0.3 is 19.7 Å². The van der Waals surface area contributed by atoms with E-state index in [1.165, 1.54) is 11.6 Å². The molecule has 0 saturated carbocycles. The summed E-state index contributed by atoms with van der Waals surface area (Å²) in [7, 11) is 0. The van der Waals surface area contributed by atoms with Crippen molar-refractivity contribution in [1.29, 1.82) is 0 Å². The van der Waals surface area contributed by atoms with Crippen molar-refractivity contribution in [3.05, 3.63) is 130 Å². The molecule has 0 aliphatic rings. The molecule has 9 nitrogen and oxygen atoms in total. The molecule has 0 fully saturated rings. The predicted octanol–water partition coefficient (Wildman–Crippen LogP) is 11.0. The number of hydrogen-bond acceptors (Lipinski definition) is 8. The van der Waals surface area contributed by atoms with Crippen LogP contribution in [0.4, 0.5) is 0 Å². The van der Waals surface area contributed by atoms with Crippen LogP contribution in [-0.2, 0) is 16.2 Å². The number of carboxylic acid groups (broad SMARTS) is 1. The highest BCUT2D eigenvalue weighted by Crippen LogP contribution is 2.38. The first-order valence-corrected chi connectivity index (χ1v) is 22.0. The summed E-state index contributed by atoms with van der Waals surface area (Å²) in [6.45, 7) is 26.6. The van der Waals surface area contributed by atoms with Crippen LogP contribution >= 0.6 is 0 Å². The summed E-state index contributed by atoms with van der Waals surface area (Å²) in [4.78, 5) is 41.3. The van der Waals surface area contributed by atoms with Gasteiger partial charge in [-0.1, -0.05) is 94.4 Å². The van der Waals surface area contributed by atoms with Crippen LogP contribution in [0.5, 0.6) is 11.5 Å². The summed E-state index contributed by atoms with van der Waals surface area (Å²) < 4.78 is 11.5. The molecule has 0 aromatic heterocycles. The van der Waals surface area contributed by atoms with Gasteiger partial charge >= 0.3 is 17.9 Å². The van der Waals surface area contributed by atoms with Gasteiger partial charge in [0.15, 0.2) is 0 Å². The Morgan fingerprint density at radius 2 is 0.902 bits per heavy atom. The van der Waals surface area contributed by atoms with Crippen molar-refractivity contribution >= 4 is 17.9 Å². The van der Waals surface area contributed by atoms with Gasteiger partial charge in [-0.3, -0.25) is 19.4 Å². The monoisotopic (exact) mass is 837 g/mol. The first-order chi connectivity index (χ1) is 28.9. The van der Waals surface area contributed by atoms with Crippen molar-refractivity contribution in [2.24, 2.45) is 11.8 Å². The molecule has 2 N–H and O–H groups in total. The Balaban J connectivity index is 0.000000325. The molecule has 2 unspecified atom stereocenters. The van der Waals surface area contributed by atoms with Crippen LogP contribution in [0.3, 0.4) is 0 Å². The molecule has 4 aromatic carbocycles. The number of nitrogens with zero attached hydrogens (tertiary/aromatic N) is 2. The Kier molecular flexibility index (Phi) is 20.4. The third-order valence-corrected chi connectivity index (χ3v) is 11.0. The highest BCUT2D eigenvalue weighted by molar-refractivity contribution is 5.88. The van der Waals surface area contributed by atoms with E-state index in [1.807, 2.05) is 80.6 Å². The van der Waals surface area contributed by atoms with Gasteiger partial charge in [0.1, 0.15) is 11.5 Å². The predicted molar refractivity (Wildman–Crippen MR) is 246 cm³/mol. The Hall–Kier alpha value is -4.83. The average molecular weight is 837 g/mol. The number of carbonyl (C=O) groups is 3. The summed E-state index contributed by atoms with van der Waals surface area (Å²) in [5.74, 6) is -1.09. The normalized spacial score (nSPS) is 12.7. The number of aliphatic hydroxyl groups excluding tert-OH is 1. The van der Waals surface area contributed by atoms with Crippen molar-refractivity contribution < 1.29 is 34.1 Å². The number of esters is 2. The maximum absolute atomic E-state index is 12.3. The standard InChI is InChI=1S/C26H35NO4.C26H37NO3/c1-17(2)26(30)31-24-13-12-21(25(28)29)16-23(24)22(20-10-8-7-9-11-20)14-15-27(18(3)4)19(5)6;1-18(2)26(29)30-25-13-12-21(17-28)16-24(25)23(22-10-8-7-9-11-22)14-15-27(19(3)4)20(5)6/h7-13,16-19,22H,14-15H2,1-6H3,(H,28,29);7-13,16,18-20,23,28H,14-15,17H2,1-6H3. The number of ether oxygens (including phenoxy) is 2. The minimum atomic E-state index is -0.999. The van der Waals surface area contributed by atoms with Crippen molar-refractivity contribution in [1.82, 2.24) is 9.80 Å². The maximum atomic E-state index is 12.3. The largest absolute Gasteiger partial charge is 0.478 e. The van der Waals surface area contributed by atoms with Crippen LogP contribution in [0.25, 0.3) is 0 Å². The summed E-state index contributed by atoms with van der Waals surface area (Å²) in [6.07, 6.45) is 1.66. The van der Waals surface area contributed by atoms with Crippen LogP contribution in [0.1, 0.15) is 146 Å². The van der Waals surface area contributed by atoms with E-state index in [-0.39, 0.29) is 47.8 Å². The molecule has 0 bridgehead atoms. The fourth-order valence-corrected chi connectivity index (χ4v) is 7.72. The zero-order valence-electron chi connectivity index (χ0n) is 38.7. The molecule has 4 aromatic rings. The van der Waals surface area contributed by atoms with E-state index in [9.17, 15) is 24.6 Å². The number of hydrogen-bond donors (Lipinski definition) is 2. The van der Waals surface area contributed by atoms with E-state index < -0.39 is 5.97 Å². The van der Waals surface area contributed by atoms with Crippen molar-refractivity contribution in [2.75, 3.05) is 13.1 Å². The lowest BCUT2D eigenvalue weighted by Gasteiger charge is -2.32. The Labute approximate surface area is 366 Å². The highest BCUT2D eigenvalue weighted by atomic mass is 16.5. The molecule has 9 heteroatoms. The number of carboxylic acids is 1. The minimum absolute atomic E-state index is 0.0446.